The predicted molar refractivity (Wildman–Crippen MR) is 76.0 cm³/mol. The molecule has 0 aromatic rings. The van der Waals surface area contributed by atoms with Crippen molar-refractivity contribution in [2.45, 2.75) is 76.7 Å². The minimum absolute atomic E-state index is 0.225. The van der Waals surface area contributed by atoms with E-state index in [0.717, 1.165) is 50.0 Å². The maximum absolute atomic E-state index is 11.5. The highest BCUT2D eigenvalue weighted by molar-refractivity contribution is 5.78. The van der Waals surface area contributed by atoms with Crippen LogP contribution in [0.25, 0.3) is 0 Å². The van der Waals surface area contributed by atoms with Gasteiger partial charge in [-0.3, -0.25) is 4.79 Å². The molecule has 4 aliphatic rings. The maximum Gasteiger partial charge on any atom is 0.132 e. The van der Waals surface area contributed by atoms with Crippen LogP contribution in [0.3, 0.4) is 0 Å². The molecule has 2 heteroatoms. The molecule has 0 atom stereocenters. The molecule has 108 valence electrons. The number of hydrogen-bond acceptors (Lipinski definition) is 2. The summed E-state index contributed by atoms with van der Waals surface area (Å²) < 4.78 is 6.32. The molecule has 4 aliphatic carbocycles. The number of carbonyl (C=O) groups is 1. The van der Waals surface area contributed by atoms with Crippen molar-refractivity contribution in [3.05, 3.63) is 0 Å². The first-order valence-electron chi connectivity index (χ1n) is 8.35. The molecule has 0 unspecified atom stereocenters. The van der Waals surface area contributed by atoms with Gasteiger partial charge in [0.05, 0.1) is 5.60 Å². The van der Waals surface area contributed by atoms with Gasteiger partial charge in [-0.05, 0) is 69.1 Å². The van der Waals surface area contributed by atoms with E-state index in [1.807, 2.05) is 0 Å². The Kier molecular flexibility index (Phi) is 3.98. The highest BCUT2D eigenvalue weighted by Gasteiger charge is 2.51. The Balaban J connectivity index is 1.44. The van der Waals surface area contributed by atoms with Gasteiger partial charge in [0.15, 0.2) is 0 Å². The fourth-order valence-corrected chi connectivity index (χ4v) is 5.17. The Morgan fingerprint density at radius 3 is 2.16 bits per heavy atom. The minimum atomic E-state index is 0.225. The molecule has 0 aromatic carbocycles. The Morgan fingerprint density at radius 1 is 1.05 bits per heavy atom. The normalized spacial score (nSPS) is 39.7. The molecule has 4 fully saturated rings. The number of hydrogen-bond donors (Lipinski definition) is 0. The maximum atomic E-state index is 11.5. The van der Waals surface area contributed by atoms with Crippen LogP contribution in [-0.2, 0) is 9.53 Å². The highest BCUT2D eigenvalue weighted by Crippen LogP contribution is 2.57. The van der Waals surface area contributed by atoms with E-state index in [2.05, 4.69) is 6.92 Å². The van der Waals surface area contributed by atoms with Crippen LogP contribution in [-0.4, -0.2) is 18.0 Å². The van der Waals surface area contributed by atoms with Gasteiger partial charge in [0.1, 0.15) is 5.78 Å². The number of ether oxygens (including phenoxy) is 1. The lowest BCUT2D eigenvalue weighted by molar-refractivity contribution is -0.163. The van der Waals surface area contributed by atoms with Gasteiger partial charge < -0.3 is 4.74 Å². The number of Topliss-reactive ketones (excluding diaryl/α,β-unsaturated/α-hetero) is 1. The van der Waals surface area contributed by atoms with Gasteiger partial charge in [-0.25, -0.2) is 0 Å². The molecule has 4 saturated carbocycles. The van der Waals surface area contributed by atoms with Crippen LogP contribution in [0.2, 0.25) is 0 Å². The summed E-state index contributed by atoms with van der Waals surface area (Å²) in [6.07, 6.45) is 11.7. The topological polar surface area (TPSA) is 26.3 Å². The average Bonchev–Trinajstić information content (AvgIpc) is 2.33. The van der Waals surface area contributed by atoms with Crippen LogP contribution in [0.15, 0.2) is 0 Å². The fourth-order valence-electron chi connectivity index (χ4n) is 5.17. The minimum Gasteiger partial charge on any atom is -0.375 e. The summed E-state index contributed by atoms with van der Waals surface area (Å²) in [6.45, 7) is 2.88. The third-order valence-electron chi connectivity index (χ3n) is 5.52. The molecule has 0 aromatic heterocycles. The first-order valence-corrected chi connectivity index (χ1v) is 8.35. The van der Waals surface area contributed by atoms with E-state index in [1.165, 1.54) is 38.5 Å². The summed E-state index contributed by atoms with van der Waals surface area (Å²) in [7, 11) is 0. The van der Waals surface area contributed by atoms with Gasteiger partial charge in [0.25, 0.3) is 0 Å². The molecular weight excluding hydrogens is 236 g/mol. The number of ketones is 1. The molecule has 0 saturated heterocycles. The summed E-state index contributed by atoms with van der Waals surface area (Å²) in [4.78, 5) is 11.5. The molecule has 0 aliphatic heterocycles. The van der Waals surface area contributed by atoms with Crippen LogP contribution in [0.1, 0.15) is 71.1 Å². The zero-order valence-corrected chi connectivity index (χ0v) is 12.3. The molecule has 19 heavy (non-hydrogen) atoms. The van der Waals surface area contributed by atoms with E-state index in [9.17, 15) is 4.79 Å². The quantitative estimate of drug-likeness (QED) is 0.646. The predicted octanol–water partition coefficient (Wildman–Crippen LogP) is 4.12. The van der Waals surface area contributed by atoms with Crippen molar-refractivity contribution in [2.75, 3.05) is 6.61 Å². The van der Waals surface area contributed by atoms with E-state index >= 15 is 0 Å². The van der Waals surface area contributed by atoms with Gasteiger partial charge in [0.2, 0.25) is 0 Å². The lowest BCUT2D eigenvalue weighted by atomic mass is 9.54. The van der Waals surface area contributed by atoms with Crippen molar-refractivity contribution in [3.63, 3.8) is 0 Å². The molecule has 0 radical (unpaired) electrons. The van der Waals surface area contributed by atoms with Crippen molar-refractivity contribution in [2.24, 2.45) is 17.8 Å². The Labute approximate surface area is 117 Å². The van der Waals surface area contributed by atoms with Gasteiger partial charge in [-0.1, -0.05) is 6.92 Å². The summed E-state index contributed by atoms with van der Waals surface area (Å²) in [5, 5.41) is 0. The van der Waals surface area contributed by atoms with Crippen molar-refractivity contribution in [1.82, 2.24) is 0 Å². The standard InChI is InChI=1S/C17H28O2/c1-2-4-16(18)5-3-6-19-17-10-13-7-14(11-17)9-15(8-13)12-17/h13-15H,2-12H2,1H3. The van der Waals surface area contributed by atoms with Crippen LogP contribution in [0, 0.1) is 17.8 Å². The second-order valence-corrected chi connectivity index (χ2v) is 7.34. The van der Waals surface area contributed by atoms with Gasteiger partial charge in [0, 0.05) is 19.4 Å². The summed E-state index contributed by atoms with van der Waals surface area (Å²) in [5.74, 6) is 3.27. The molecular formula is C17H28O2. The SMILES string of the molecule is CCCC(=O)CCCOC12CC3CC(CC(C3)C1)C2. The average molecular weight is 264 g/mol. The monoisotopic (exact) mass is 264 g/mol. The lowest BCUT2D eigenvalue weighted by Gasteiger charge is -2.56. The largest absolute Gasteiger partial charge is 0.375 e. The first-order chi connectivity index (χ1) is 9.19. The smallest absolute Gasteiger partial charge is 0.132 e. The van der Waals surface area contributed by atoms with Gasteiger partial charge in [-0.2, -0.15) is 0 Å². The molecule has 0 amide bonds. The zero-order valence-electron chi connectivity index (χ0n) is 12.3. The van der Waals surface area contributed by atoms with Crippen LogP contribution in [0.4, 0.5) is 0 Å². The van der Waals surface area contributed by atoms with Crippen LogP contribution in [0.5, 0.6) is 0 Å². The Hall–Kier alpha value is -0.370. The second-order valence-electron chi connectivity index (χ2n) is 7.34. The molecule has 4 bridgehead atoms. The second kappa shape index (κ2) is 5.55. The van der Waals surface area contributed by atoms with E-state index in [1.54, 1.807) is 0 Å². The number of rotatable bonds is 7. The third kappa shape index (κ3) is 3.04. The lowest BCUT2D eigenvalue weighted by Crippen LogP contribution is -2.52. The first kappa shape index (κ1) is 13.6. The van der Waals surface area contributed by atoms with Crippen molar-refractivity contribution >= 4 is 5.78 Å². The van der Waals surface area contributed by atoms with Crippen LogP contribution < -0.4 is 0 Å². The number of carbonyl (C=O) groups excluding carboxylic acids is 1. The molecule has 0 spiro atoms. The molecule has 4 rings (SSSR count). The summed E-state index contributed by atoms with van der Waals surface area (Å²) in [6, 6.07) is 0. The Morgan fingerprint density at radius 2 is 1.63 bits per heavy atom. The van der Waals surface area contributed by atoms with Crippen molar-refractivity contribution in [1.29, 1.82) is 0 Å². The zero-order chi connectivity index (χ0) is 13.3. The van der Waals surface area contributed by atoms with Gasteiger partial charge >= 0.3 is 0 Å². The van der Waals surface area contributed by atoms with Gasteiger partial charge in [-0.15, -0.1) is 0 Å². The highest BCUT2D eigenvalue weighted by atomic mass is 16.5. The molecule has 0 N–H and O–H groups in total. The summed E-state index contributed by atoms with van der Waals surface area (Å²) >= 11 is 0. The summed E-state index contributed by atoms with van der Waals surface area (Å²) in [5.41, 5.74) is 0.225. The fraction of sp³-hybridized carbons (Fsp3) is 0.941. The Bertz CT molecular complexity index is 299. The van der Waals surface area contributed by atoms with E-state index in [-0.39, 0.29) is 5.60 Å². The molecule has 0 heterocycles. The van der Waals surface area contributed by atoms with E-state index in [4.69, 9.17) is 4.74 Å². The third-order valence-corrected chi connectivity index (χ3v) is 5.52. The van der Waals surface area contributed by atoms with Crippen LogP contribution >= 0.6 is 0 Å². The van der Waals surface area contributed by atoms with E-state index in [0.29, 0.717) is 5.78 Å². The molecule has 2 nitrogen and oxygen atoms in total. The van der Waals surface area contributed by atoms with Crippen molar-refractivity contribution < 1.29 is 9.53 Å². The van der Waals surface area contributed by atoms with E-state index < -0.39 is 0 Å². The van der Waals surface area contributed by atoms with Crippen molar-refractivity contribution in [3.8, 4) is 0 Å².